The molecular formula is C41H46N4O4S. The molecule has 1 aromatic heterocycles. The summed E-state index contributed by atoms with van der Waals surface area (Å²) in [7, 11) is 1.72. The maximum atomic E-state index is 13.6. The van der Waals surface area contributed by atoms with Gasteiger partial charge in [-0.3, -0.25) is 9.59 Å². The number of hydrogen-bond acceptors (Lipinski definition) is 7. The third kappa shape index (κ3) is 10.6. The molecule has 0 saturated carbocycles. The Bertz CT molecular complexity index is 1840. The first kappa shape index (κ1) is 36.5. The van der Waals surface area contributed by atoms with E-state index >= 15 is 0 Å². The molecule has 4 aromatic carbocycles. The Labute approximate surface area is 299 Å². The molecule has 5 aromatic rings. The number of nitrogens with one attached hydrogen (secondary N) is 2. The summed E-state index contributed by atoms with van der Waals surface area (Å²) in [5.41, 5.74) is 5.99. The van der Waals surface area contributed by atoms with Gasteiger partial charge in [-0.25, -0.2) is 4.98 Å². The second-order valence-electron chi connectivity index (χ2n) is 12.9. The zero-order valence-electron chi connectivity index (χ0n) is 29.1. The standard InChI is InChI=1S/C41H46N4O4S/c1-28(2)35-18-32(19-36(22-35)49-26-31-14-9-6-10-15-31)23-42-24-38(46)37(20-30-12-7-5-8-13-30)44-40(47)33-16-11-17-34(21-33)41(48)45(4)25-39-43-29(3)27-50-39/h5-19,21-22,27-28,37-38,42,46H,20,23-26H2,1-4H3,(H,44,47)/t37-,38+/m0/s1. The number of hydrogen-bond donors (Lipinski definition) is 3. The molecule has 2 amide bonds. The molecule has 260 valence electrons. The molecule has 3 N–H and O–H groups in total. The number of rotatable bonds is 16. The van der Waals surface area contributed by atoms with Crippen LogP contribution in [0, 0.1) is 6.92 Å². The fourth-order valence-electron chi connectivity index (χ4n) is 5.62. The number of ether oxygens (including phenoxy) is 1. The molecule has 0 saturated heterocycles. The van der Waals surface area contributed by atoms with Crippen molar-refractivity contribution in [1.29, 1.82) is 0 Å². The monoisotopic (exact) mass is 690 g/mol. The molecule has 8 nitrogen and oxygen atoms in total. The van der Waals surface area contributed by atoms with Crippen LogP contribution in [0.2, 0.25) is 0 Å². The Morgan fingerprint density at radius 2 is 1.58 bits per heavy atom. The first-order chi connectivity index (χ1) is 24.1. The van der Waals surface area contributed by atoms with Crippen LogP contribution in [0.15, 0.2) is 109 Å². The van der Waals surface area contributed by atoms with E-state index in [0.29, 0.717) is 43.2 Å². The Kier molecular flexibility index (Phi) is 12.9. The van der Waals surface area contributed by atoms with Crippen molar-refractivity contribution < 1.29 is 19.4 Å². The van der Waals surface area contributed by atoms with Gasteiger partial charge in [-0.05, 0) is 71.8 Å². The number of carbonyl (C=O) groups excluding carboxylic acids is 2. The van der Waals surface area contributed by atoms with Gasteiger partial charge in [-0.2, -0.15) is 0 Å². The number of aryl methyl sites for hydroxylation is 1. The number of carbonyl (C=O) groups is 2. The van der Waals surface area contributed by atoms with Gasteiger partial charge in [0.05, 0.1) is 18.7 Å². The fraction of sp³-hybridized carbons (Fsp3) is 0.293. The molecule has 9 heteroatoms. The zero-order valence-corrected chi connectivity index (χ0v) is 30.0. The number of benzene rings is 4. The minimum absolute atomic E-state index is 0.201. The van der Waals surface area contributed by atoms with Crippen molar-refractivity contribution in [1.82, 2.24) is 20.5 Å². The quantitative estimate of drug-likeness (QED) is 0.104. The molecule has 2 atom stereocenters. The van der Waals surface area contributed by atoms with Crippen LogP contribution in [-0.2, 0) is 26.1 Å². The average molecular weight is 691 g/mol. The van der Waals surface area contributed by atoms with Gasteiger partial charge in [0, 0.05) is 42.3 Å². The summed E-state index contributed by atoms with van der Waals surface area (Å²) >= 11 is 1.51. The zero-order chi connectivity index (χ0) is 35.5. The van der Waals surface area contributed by atoms with Crippen molar-refractivity contribution >= 4 is 23.2 Å². The number of thiazole rings is 1. The van der Waals surface area contributed by atoms with Crippen LogP contribution in [0.1, 0.15) is 73.4 Å². The van der Waals surface area contributed by atoms with E-state index in [9.17, 15) is 14.7 Å². The van der Waals surface area contributed by atoms with Gasteiger partial charge >= 0.3 is 0 Å². The Morgan fingerprint density at radius 1 is 0.880 bits per heavy atom. The molecule has 1 heterocycles. The molecule has 50 heavy (non-hydrogen) atoms. The average Bonchev–Trinajstić information content (AvgIpc) is 3.54. The summed E-state index contributed by atoms with van der Waals surface area (Å²) in [5, 5.41) is 20.7. The number of nitrogens with zero attached hydrogens (tertiary/aromatic N) is 2. The van der Waals surface area contributed by atoms with Crippen molar-refractivity contribution in [3.63, 3.8) is 0 Å². The molecular weight excluding hydrogens is 645 g/mol. The molecule has 0 fully saturated rings. The summed E-state index contributed by atoms with van der Waals surface area (Å²) in [6.07, 6.45) is -0.455. The molecule has 0 unspecified atom stereocenters. The highest BCUT2D eigenvalue weighted by molar-refractivity contribution is 7.09. The van der Waals surface area contributed by atoms with Crippen molar-refractivity contribution in [2.24, 2.45) is 0 Å². The molecule has 0 aliphatic heterocycles. The van der Waals surface area contributed by atoms with Gasteiger partial charge in [0.15, 0.2) is 0 Å². The minimum atomic E-state index is -0.890. The summed E-state index contributed by atoms with van der Waals surface area (Å²) in [5.74, 6) is 0.564. The van der Waals surface area contributed by atoms with Crippen LogP contribution in [0.25, 0.3) is 0 Å². The number of aliphatic hydroxyl groups is 1. The minimum Gasteiger partial charge on any atom is -0.489 e. The van der Waals surface area contributed by atoms with Crippen molar-refractivity contribution in [2.75, 3.05) is 13.6 Å². The predicted molar refractivity (Wildman–Crippen MR) is 200 cm³/mol. The van der Waals surface area contributed by atoms with Gasteiger partial charge in [-0.1, -0.05) is 86.6 Å². The van der Waals surface area contributed by atoms with Gasteiger partial charge in [0.2, 0.25) is 0 Å². The van der Waals surface area contributed by atoms with E-state index in [4.69, 9.17) is 4.74 Å². The number of aliphatic hydroxyl groups excluding tert-OH is 1. The second-order valence-corrected chi connectivity index (χ2v) is 13.9. The van der Waals surface area contributed by atoms with E-state index < -0.39 is 12.1 Å². The summed E-state index contributed by atoms with van der Waals surface area (Å²) in [6.45, 7) is 7.87. The first-order valence-electron chi connectivity index (χ1n) is 16.9. The van der Waals surface area contributed by atoms with Crippen LogP contribution in [-0.4, -0.2) is 52.5 Å². The topological polar surface area (TPSA) is 104 Å². The molecule has 0 radical (unpaired) electrons. The van der Waals surface area contributed by atoms with Crippen LogP contribution in [0.3, 0.4) is 0 Å². The molecule has 5 rings (SSSR count). The highest BCUT2D eigenvalue weighted by Crippen LogP contribution is 2.24. The highest BCUT2D eigenvalue weighted by Gasteiger charge is 2.23. The van der Waals surface area contributed by atoms with Gasteiger partial charge in [-0.15, -0.1) is 11.3 Å². The molecule has 0 aliphatic carbocycles. The molecule has 0 aliphatic rings. The lowest BCUT2D eigenvalue weighted by Gasteiger charge is -2.25. The number of amides is 2. The third-order valence-electron chi connectivity index (χ3n) is 8.42. The lowest BCUT2D eigenvalue weighted by molar-refractivity contribution is 0.0784. The van der Waals surface area contributed by atoms with Crippen molar-refractivity contribution in [3.8, 4) is 5.75 Å². The number of aromatic nitrogens is 1. The lowest BCUT2D eigenvalue weighted by atomic mass is 9.99. The molecule has 0 spiro atoms. The Morgan fingerprint density at radius 3 is 2.26 bits per heavy atom. The van der Waals surface area contributed by atoms with Crippen molar-refractivity contribution in [2.45, 2.75) is 65.0 Å². The predicted octanol–water partition coefficient (Wildman–Crippen LogP) is 6.92. The largest absolute Gasteiger partial charge is 0.489 e. The van der Waals surface area contributed by atoms with E-state index in [-0.39, 0.29) is 18.4 Å². The van der Waals surface area contributed by atoms with Gasteiger partial charge in [0.25, 0.3) is 11.8 Å². The van der Waals surface area contributed by atoms with Crippen molar-refractivity contribution in [3.05, 3.63) is 153 Å². The van der Waals surface area contributed by atoms with Gasteiger partial charge < -0.3 is 25.4 Å². The normalized spacial score (nSPS) is 12.4. The molecule has 0 bridgehead atoms. The third-order valence-corrected chi connectivity index (χ3v) is 9.37. The first-order valence-corrected chi connectivity index (χ1v) is 17.8. The van der Waals surface area contributed by atoms with Crippen LogP contribution >= 0.6 is 11.3 Å². The second kappa shape index (κ2) is 17.7. The van der Waals surface area contributed by atoms with Crippen LogP contribution in [0.4, 0.5) is 0 Å². The Hall–Kier alpha value is -4.83. The smallest absolute Gasteiger partial charge is 0.253 e. The Balaban J connectivity index is 1.24. The van der Waals surface area contributed by atoms with E-state index in [1.807, 2.05) is 79.0 Å². The van der Waals surface area contributed by atoms with E-state index in [1.165, 1.54) is 16.9 Å². The van der Waals surface area contributed by atoms with Crippen LogP contribution < -0.4 is 15.4 Å². The SMILES string of the molecule is Cc1csc(CN(C)C(=O)c2cccc(C(=O)N[C@@H](Cc3ccccc3)[C@H](O)CNCc3cc(OCc4ccccc4)cc(C(C)C)c3)c2)n1. The fourth-order valence-corrected chi connectivity index (χ4v) is 6.44. The summed E-state index contributed by atoms with van der Waals surface area (Å²) in [4.78, 5) is 32.9. The van der Waals surface area contributed by atoms with E-state index in [0.717, 1.165) is 33.1 Å². The van der Waals surface area contributed by atoms with Gasteiger partial charge in [0.1, 0.15) is 17.4 Å². The maximum Gasteiger partial charge on any atom is 0.253 e. The summed E-state index contributed by atoms with van der Waals surface area (Å²) in [6, 6.07) is 32.2. The summed E-state index contributed by atoms with van der Waals surface area (Å²) < 4.78 is 6.15. The van der Waals surface area contributed by atoms with E-state index in [1.54, 1.807) is 36.2 Å². The highest BCUT2D eigenvalue weighted by atomic mass is 32.1. The van der Waals surface area contributed by atoms with Crippen LogP contribution in [0.5, 0.6) is 5.75 Å². The lowest BCUT2D eigenvalue weighted by Crippen LogP contribution is -2.48. The van der Waals surface area contributed by atoms with E-state index in [2.05, 4.69) is 41.6 Å². The maximum absolute atomic E-state index is 13.6.